The van der Waals surface area contributed by atoms with Crippen LogP contribution in [0, 0.1) is 5.41 Å². The molecule has 3 aromatic rings. The Kier molecular flexibility index (Phi) is 4.44. The smallest absolute Gasteiger partial charge is 0.156 e. The van der Waals surface area contributed by atoms with E-state index < -0.39 is 5.41 Å². The summed E-state index contributed by atoms with van der Waals surface area (Å²) in [6.45, 7) is 5.68. The number of carbonyl (C=O) groups is 1. The van der Waals surface area contributed by atoms with Gasteiger partial charge >= 0.3 is 0 Å². The SMILES string of the molecule is COC1CN(c2cccc(-c3cnc4[nH]cc(CC(C)(C)C=O)c4n3)c2)C1. The van der Waals surface area contributed by atoms with Crippen LogP contribution in [0.25, 0.3) is 22.4 Å². The van der Waals surface area contributed by atoms with E-state index in [0.717, 1.165) is 47.4 Å². The zero-order valence-electron chi connectivity index (χ0n) is 15.9. The van der Waals surface area contributed by atoms with Gasteiger partial charge < -0.3 is 19.4 Å². The molecule has 0 unspecified atom stereocenters. The molecule has 0 aliphatic carbocycles. The van der Waals surface area contributed by atoms with Crippen molar-refractivity contribution in [1.29, 1.82) is 0 Å². The number of hydrogen-bond donors (Lipinski definition) is 1. The Morgan fingerprint density at radius 2 is 2.19 bits per heavy atom. The Hall–Kier alpha value is -2.73. The second-order valence-corrected chi connectivity index (χ2v) is 7.86. The summed E-state index contributed by atoms with van der Waals surface area (Å²) in [5, 5.41) is 0. The fourth-order valence-corrected chi connectivity index (χ4v) is 3.41. The van der Waals surface area contributed by atoms with Gasteiger partial charge in [0, 0.05) is 43.1 Å². The van der Waals surface area contributed by atoms with Gasteiger partial charge in [-0.05, 0) is 24.1 Å². The fraction of sp³-hybridized carbons (Fsp3) is 0.381. The van der Waals surface area contributed by atoms with E-state index in [-0.39, 0.29) is 0 Å². The monoisotopic (exact) mass is 364 g/mol. The van der Waals surface area contributed by atoms with E-state index >= 15 is 0 Å². The topological polar surface area (TPSA) is 71.1 Å². The molecule has 1 aliphatic heterocycles. The van der Waals surface area contributed by atoms with Crippen LogP contribution in [-0.2, 0) is 16.0 Å². The first kappa shape index (κ1) is 17.7. The predicted octanol–water partition coefficient (Wildman–Crippen LogP) is 3.23. The number of aromatic nitrogens is 3. The highest BCUT2D eigenvalue weighted by atomic mass is 16.5. The predicted molar refractivity (Wildman–Crippen MR) is 106 cm³/mol. The van der Waals surface area contributed by atoms with Crippen molar-refractivity contribution in [1.82, 2.24) is 15.0 Å². The number of nitrogens with zero attached hydrogens (tertiary/aromatic N) is 3. The highest BCUT2D eigenvalue weighted by Gasteiger charge is 2.26. The molecule has 0 atom stereocenters. The van der Waals surface area contributed by atoms with Gasteiger partial charge in [0.05, 0.1) is 18.0 Å². The molecule has 1 fully saturated rings. The molecule has 6 heteroatoms. The average Bonchev–Trinajstić information content (AvgIpc) is 3.03. The Balaban J connectivity index is 1.65. The Labute approximate surface area is 158 Å². The molecular weight excluding hydrogens is 340 g/mol. The van der Waals surface area contributed by atoms with Gasteiger partial charge in [-0.1, -0.05) is 26.0 Å². The van der Waals surface area contributed by atoms with Crippen LogP contribution >= 0.6 is 0 Å². The van der Waals surface area contributed by atoms with Crippen molar-refractivity contribution in [2.75, 3.05) is 25.1 Å². The zero-order valence-corrected chi connectivity index (χ0v) is 15.9. The van der Waals surface area contributed by atoms with Crippen molar-refractivity contribution in [2.24, 2.45) is 5.41 Å². The van der Waals surface area contributed by atoms with Crippen LogP contribution in [0.1, 0.15) is 19.4 Å². The average molecular weight is 364 g/mol. The maximum atomic E-state index is 11.3. The van der Waals surface area contributed by atoms with Gasteiger partial charge in [0.1, 0.15) is 11.8 Å². The molecule has 1 N–H and O–H groups in total. The summed E-state index contributed by atoms with van der Waals surface area (Å²) < 4.78 is 5.36. The summed E-state index contributed by atoms with van der Waals surface area (Å²) in [7, 11) is 1.75. The molecule has 1 aliphatic rings. The van der Waals surface area contributed by atoms with Crippen LogP contribution in [0.4, 0.5) is 5.69 Å². The summed E-state index contributed by atoms with van der Waals surface area (Å²) in [4.78, 5) is 26.1. The first-order valence-electron chi connectivity index (χ1n) is 9.16. The molecular formula is C21H24N4O2. The maximum Gasteiger partial charge on any atom is 0.156 e. The summed E-state index contributed by atoms with van der Waals surface area (Å²) in [5.41, 5.74) is 5.19. The van der Waals surface area contributed by atoms with Gasteiger partial charge in [0.15, 0.2) is 5.65 Å². The molecule has 0 saturated carbocycles. The van der Waals surface area contributed by atoms with Gasteiger partial charge in [-0.25, -0.2) is 9.97 Å². The van der Waals surface area contributed by atoms with Crippen LogP contribution < -0.4 is 4.90 Å². The molecule has 140 valence electrons. The molecule has 0 bridgehead atoms. The van der Waals surface area contributed by atoms with Crippen molar-refractivity contribution < 1.29 is 9.53 Å². The number of ether oxygens (including phenoxy) is 1. The van der Waals surface area contributed by atoms with Crippen molar-refractivity contribution in [3.05, 3.63) is 42.2 Å². The van der Waals surface area contributed by atoms with E-state index in [2.05, 4.69) is 33.1 Å². The second kappa shape index (κ2) is 6.78. The first-order valence-corrected chi connectivity index (χ1v) is 9.16. The van der Waals surface area contributed by atoms with Crippen molar-refractivity contribution in [3.8, 4) is 11.3 Å². The number of rotatable bonds is 6. The number of methoxy groups -OCH3 is 1. The molecule has 1 aromatic carbocycles. The number of H-pyrrole nitrogens is 1. The first-order chi connectivity index (χ1) is 13.0. The van der Waals surface area contributed by atoms with E-state index in [1.165, 1.54) is 5.69 Å². The lowest BCUT2D eigenvalue weighted by Crippen LogP contribution is -2.51. The van der Waals surface area contributed by atoms with Gasteiger partial charge in [-0.2, -0.15) is 0 Å². The van der Waals surface area contributed by atoms with Crippen LogP contribution in [0.15, 0.2) is 36.7 Å². The number of aromatic amines is 1. The fourth-order valence-electron chi connectivity index (χ4n) is 3.41. The second-order valence-electron chi connectivity index (χ2n) is 7.86. The lowest BCUT2D eigenvalue weighted by Gasteiger charge is -2.40. The number of fused-ring (bicyclic) bond motifs is 1. The van der Waals surface area contributed by atoms with Gasteiger partial charge in [0.25, 0.3) is 0 Å². The number of benzene rings is 1. The third-order valence-electron chi connectivity index (χ3n) is 5.11. The van der Waals surface area contributed by atoms with E-state index in [0.29, 0.717) is 12.5 Å². The molecule has 6 nitrogen and oxygen atoms in total. The summed E-state index contributed by atoms with van der Waals surface area (Å²) >= 11 is 0. The number of hydrogen-bond acceptors (Lipinski definition) is 5. The van der Waals surface area contributed by atoms with Crippen molar-refractivity contribution in [3.63, 3.8) is 0 Å². The quantitative estimate of drug-likeness (QED) is 0.680. The standard InChI is InChI=1S/C21H24N4O2/c1-21(2,13-26)8-15-9-22-20-19(15)24-18(10-23-20)14-5-4-6-16(7-14)25-11-17(12-25)27-3/h4-7,9-10,13,17H,8,11-12H2,1-3H3,(H,22,23). The number of aldehydes is 1. The van der Waals surface area contributed by atoms with Crippen LogP contribution in [0.2, 0.25) is 0 Å². The molecule has 0 radical (unpaired) electrons. The number of anilines is 1. The van der Waals surface area contributed by atoms with E-state index in [1.807, 2.05) is 26.1 Å². The highest BCUT2D eigenvalue weighted by Crippen LogP contribution is 2.29. The third-order valence-corrected chi connectivity index (χ3v) is 5.11. The number of carbonyl (C=O) groups excluding carboxylic acids is 1. The minimum Gasteiger partial charge on any atom is -0.378 e. The lowest BCUT2D eigenvalue weighted by molar-refractivity contribution is -0.114. The minimum atomic E-state index is -0.428. The Bertz CT molecular complexity index is 973. The molecule has 3 heterocycles. The zero-order chi connectivity index (χ0) is 19.0. The minimum absolute atomic E-state index is 0.313. The molecule has 0 spiro atoms. The summed E-state index contributed by atoms with van der Waals surface area (Å²) in [6, 6.07) is 8.35. The lowest BCUT2D eigenvalue weighted by atomic mass is 9.88. The molecule has 27 heavy (non-hydrogen) atoms. The Morgan fingerprint density at radius 1 is 1.37 bits per heavy atom. The molecule has 0 amide bonds. The molecule has 1 saturated heterocycles. The van der Waals surface area contributed by atoms with Crippen LogP contribution in [0.3, 0.4) is 0 Å². The summed E-state index contributed by atoms with van der Waals surface area (Å²) in [5.74, 6) is 0. The van der Waals surface area contributed by atoms with Crippen LogP contribution in [-0.4, -0.2) is 47.5 Å². The molecule has 4 rings (SSSR count). The van der Waals surface area contributed by atoms with Crippen LogP contribution in [0.5, 0.6) is 0 Å². The van der Waals surface area contributed by atoms with Crippen molar-refractivity contribution >= 4 is 23.1 Å². The highest BCUT2D eigenvalue weighted by molar-refractivity contribution is 5.79. The van der Waals surface area contributed by atoms with Crippen molar-refractivity contribution in [2.45, 2.75) is 26.4 Å². The van der Waals surface area contributed by atoms with Gasteiger partial charge in [-0.3, -0.25) is 0 Å². The van der Waals surface area contributed by atoms with E-state index in [9.17, 15) is 4.79 Å². The largest absolute Gasteiger partial charge is 0.378 e. The van der Waals surface area contributed by atoms with E-state index in [1.54, 1.807) is 13.3 Å². The van der Waals surface area contributed by atoms with Gasteiger partial charge in [-0.15, -0.1) is 0 Å². The normalized spacial score (nSPS) is 15.1. The third kappa shape index (κ3) is 3.45. The number of nitrogens with one attached hydrogen (secondary N) is 1. The summed E-state index contributed by atoms with van der Waals surface area (Å²) in [6.07, 6.45) is 5.63. The Morgan fingerprint density at radius 3 is 2.93 bits per heavy atom. The molecule has 2 aromatic heterocycles. The van der Waals surface area contributed by atoms with E-state index in [4.69, 9.17) is 9.72 Å². The maximum absolute atomic E-state index is 11.3. The van der Waals surface area contributed by atoms with Gasteiger partial charge in [0.2, 0.25) is 0 Å².